The second-order valence-electron chi connectivity index (χ2n) is 15.2. The summed E-state index contributed by atoms with van der Waals surface area (Å²) in [4.78, 5) is 12.8. The second kappa shape index (κ2) is 7.35. The fourth-order valence-corrected chi connectivity index (χ4v) is 10.7. The lowest BCUT2D eigenvalue weighted by atomic mass is 9.33. The SMILES string of the molecule is CC1(C)CC[C@]2(C(=O)O)CC[C@]3(C)C(=CCC4[C@]5(C)C(CC[C@]43C)C(C)(C)[C@H](O)[C@H](O)[C@H]5O)C2C1. The molecule has 0 radical (unpaired) electrons. The summed E-state index contributed by atoms with van der Waals surface area (Å²) >= 11 is 0. The van der Waals surface area contributed by atoms with Crippen LogP contribution in [0.2, 0.25) is 0 Å². The molecule has 4 N–H and O–H groups in total. The zero-order valence-corrected chi connectivity index (χ0v) is 22.9. The van der Waals surface area contributed by atoms with Crippen molar-refractivity contribution in [2.75, 3.05) is 0 Å². The molecule has 5 heteroatoms. The molecule has 0 spiro atoms. The lowest BCUT2D eigenvalue weighted by molar-refractivity contribution is -0.278. The van der Waals surface area contributed by atoms with Crippen molar-refractivity contribution >= 4 is 5.97 Å². The number of allylic oxidation sites excluding steroid dienone is 2. The van der Waals surface area contributed by atoms with E-state index in [1.165, 1.54) is 5.57 Å². The quantitative estimate of drug-likeness (QED) is 0.382. The van der Waals surface area contributed by atoms with Crippen LogP contribution in [0.3, 0.4) is 0 Å². The first-order valence-electron chi connectivity index (χ1n) is 14.0. The smallest absolute Gasteiger partial charge is 0.310 e. The highest BCUT2D eigenvalue weighted by Gasteiger charge is 2.72. The highest BCUT2D eigenvalue weighted by atomic mass is 16.4. The van der Waals surface area contributed by atoms with Crippen LogP contribution in [0.1, 0.15) is 99.8 Å². The summed E-state index contributed by atoms with van der Waals surface area (Å²) in [6, 6.07) is 0. The van der Waals surface area contributed by atoms with Gasteiger partial charge in [-0.25, -0.2) is 0 Å². The lowest BCUT2D eigenvalue weighted by Crippen LogP contribution is -2.72. The van der Waals surface area contributed by atoms with Gasteiger partial charge >= 0.3 is 5.97 Å². The molecule has 0 aromatic rings. The van der Waals surface area contributed by atoms with Crippen LogP contribution in [0.5, 0.6) is 0 Å². The van der Waals surface area contributed by atoms with Crippen molar-refractivity contribution in [1.82, 2.24) is 0 Å². The second-order valence-corrected chi connectivity index (χ2v) is 15.2. The van der Waals surface area contributed by atoms with E-state index in [-0.39, 0.29) is 34.0 Å². The Morgan fingerprint density at radius 3 is 2.11 bits per heavy atom. The largest absolute Gasteiger partial charge is 0.481 e. The predicted octanol–water partition coefficient (Wildman–Crippen LogP) is 5.18. The van der Waals surface area contributed by atoms with Crippen LogP contribution in [-0.4, -0.2) is 44.7 Å². The molecule has 0 bridgehead atoms. The van der Waals surface area contributed by atoms with Gasteiger partial charge in [-0.05, 0) is 90.8 Å². The number of aliphatic hydroxyl groups is 3. The molecular formula is C30H48O5. The monoisotopic (exact) mass is 488 g/mol. The molecule has 0 aromatic carbocycles. The number of aliphatic carboxylic acids is 1. The molecule has 0 heterocycles. The molecule has 5 rings (SSSR count). The number of carboxylic acids is 1. The number of hydrogen-bond donors (Lipinski definition) is 4. The Labute approximate surface area is 211 Å². The van der Waals surface area contributed by atoms with Crippen molar-refractivity contribution in [2.24, 2.45) is 50.2 Å². The number of carboxylic acid groups (broad SMARTS) is 1. The van der Waals surface area contributed by atoms with Crippen molar-refractivity contribution in [2.45, 2.75) is 118 Å². The van der Waals surface area contributed by atoms with E-state index in [1.54, 1.807) is 0 Å². The van der Waals surface area contributed by atoms with Crippen LogP contribution < -0.4 is 0 Å². The third-order valence-corrected chi connectivity index (χ3v) is 13.2. The van der Waals surface area contributed by atoms with Gasteiger partial charge in [0.05, 0.1) is 17.6 Å². The predicted molar refractivity (Wildman–Crippen MR) is 135 cm³/mol. The number of hydrogen-bond acceptors (Lipinski definition) is 4. The standard InChI is InChI=1S/C30H48O5/c1-25(2)12-14-30(24(34)35)15-13-27(5)17(18(30)16-25)8-9-20-28(27,6)11-10-19-26(3,4)22(32)21(31)23(33)29(19,20)7/h8,18-23,31-33H,9-16H2,1-7H3,(H,34,35)/t18?,19?,20?,21-,22+,23+,27+,28+,29-,30-/m0/s1. The van der Waals surface area contributed by atoms with Crippen molar-refractivity contribution in [3.63, 3.8) is 0 Å². The van der Waals surface area contributed by atoms with Gasteiger partial charge in [-0.1, -0.05) is 60.1 Å². The van der Waals surface area contributed by atoms with E-state index in [0.29, 0.717) is 0 Å². The van der Waals surface area contributed by atoms with Crippen molar-refractivity contribution < 1.29 is 25.2 Å². The summed E-state index contributed by atoms with van der Waals surface area (Å²) in [6.45, 7) is 15.6. The van der Waals surface area contributed by atoms with Crippen LogP contribution in [0.4, 0.5) is 0 Å². The molecule has 5 aliphatic carbocycles. The minimum Gasteiger partial charge on any atom is -0.481 e. The molecule has 5 aliphatic rings. The van der Waals surface area contributed by atoms with Crippen LogP contribution in [0.15, 0.2) is 11.6 Å². The Bertz CT molecular complexity index is 952. The van der Waals surface area contributed by atoms with Crippen LogP contribution in [0.25, 0.3) is 0 Å². The third-order valence-electron chi connectivity index (χ3n) is 13.2. The van der Waals surface area contributed by atoms with E-state index in [2.05, 4.69) is 54.5 Å². The number of aliphatic hydroxyl groups excluding tert-OH is 3. The average Bonchev–Trinajstić information content (AvgIpc) is 2.76. The number of carbonyl (C=O) groups is 1. The van der Waals surface area contributed by atoms with Gasteiger partial charge in [0, 0.05) is 5.41 Å². The lowest BCUT2D eigenvalue weighted by Gasteiger charge is -2.72. The van der Waals surface area contributed by atoms with Crippen LogP contribution in [-0.2, 0) is 4.79 Å². The van der Waals surface area contributed by atoms with Gasteiger partial charge in [0.2, 0.25) is 0 Å². The Balaban J connectivity index is 1.63. The first-order valence-corrected chi connectivity index (χ1v) is 14.0. The molecule has 10 atom stereocenters. The molecular weight excluding hydrogens is 440 g/mol. The molecule has 0 saturated heterocycles. The van der Waals surface area contributed by atoms with Crippen LogP contribution in [0, 0.1) is 50.2 Å². The Kier molecular flexibility index (Phi) is 5.40. The Morgan fingerprint density at radius 1 is 0.857 bits per heavy atom. The molecule has 4 fully saturated rings. The van der Waals surface area contributed by atoms with E-state index < -0.39 is 40.5 Å². The normalized spacial score (nSPS) is 54.4. The summed E-state index contributed by atoms with van der Waals surface area (Å²) in [7, 11) is 0. The Morgan fingerprint density at radius 2 is 1.49 bits per heavy atom. The van der Waals surface area contributed by atoms with Crippen molar-refractivity contribution in [3.8, 4) is 0 Å². The first kappa shape index (κ1) is 25.7. The topological polar surface area (TPSA) is 98.0 Å². The zero-order chi connectivity index (χ0) is 26.0. The van der Waals surface area contributed by atoms with Gasteiger partial charge < -0.3 is 20.4 Å². The first-order chi connectivity index (χ1) is 16.0. The molecule has 198 valence electrons. The van der Waals surface area contributed by atoms with Gasteiger partial charge in [0.15, 0.2) is 0 Å². The molecule has 0 aromatic heterocycles. The Hall–Kier alpha value is -0.910. The molecule has 4 saturated carbocycles. The van der Waals surface area contributed by atoms with Crippen LogP contribution >= 0.6 is 0 Å². The van der Waals surface area contributed by atoms with E-state index in [1.807, 2.05) is 0 Å². The van der Waals surface area contributed by atoms with Gasteiger partial charge in [-0.2, -0.15) is 0 Å². The third kappa shape index (κ3) is 2.95. The maximum Gasteiger partial charge on any atom is 0.310 e. The van der Waals surface area contributed by atoms with E-state index in [4.69, 9.17) is 0 Å². The maximum absolute atomic E-state index is 12.8. The summed E-state index contributed by atoms with van der Waals surface area (Å²) < 4.78 is 0. The summed E-state index contributed by atoms with van der Waals surface area (Å²) in [5.41, 5.74) is -0.402. The molecule has 3 unspecified atom stereocenters. The summed E-state index contributed by atoms with van der Waals surface area (Å²) in [5.74, 6) is -0.292. The van der Waals surface area contributed by atoms with E-state index in [9.17, 15) is 25.2 Å². The number of rotatable bonds is 1. The van der Waals surface area contributed by atoms with Gasteiger partial charge in [0.1, 0.15) is 6.10 Å². The fraction of sp³-hybridized carbons (Fsp3) is 0.900. The van der Waals surface area contributed by atoms with E-state index >= 15 is 0 Å². The molecule has 0 amide bonds. The summed E-state index contributed by atoms with van der Waals surface area (Å²) in [5, 5.41) is 43.9. The minimum absolute atomic E-state index is 0.0611. The molecule has 5 nitrogen and oxygen atoms in total. The average molecular weight is 489 g/mol. The molecule has 35 heavy (non-hydrogen) atoms. The van der Waals surface area contributed by atoms with Crippen molar-refractivity contribution in [3.05, 3.63) is 11.6 Å². The molecule has 0 aliphatic heterocycles. The number of fused-ring (bicyclic) bond motifs is 7. The van der Waals surface area contributed by atoms with E-state index in [0.717, 1.165) is 51.4 Å². The zero-order valence-electron chi connectivity index (χ0n) is 22.9. The fourth-order valence-electron chi connectivity index (χ4n) is 10.7. The van der Waals surface area contributed by atoms with Crippen molar-refractivity contribution in [1.29, 1.82) is 0 Å². The maximum atomic E-state index is 12.8. The van der Waals surface area contributed by atoms with Gasteiger partial charge in [-0.15, -0.1) is 0 Å². The van der Waals surface area contributed by atoms with Gasteiger partial charge in [0.25, 0.3) is 0 Å². The minimum atomic E-state index is -1.16. The van der Waals surface area contributed by atoms with Gasteiger partial charge in [-0.3, -0.25) is 4.79 Å². The highest BCUT2D eigenvalue weighted by molar-refractivity contribution is 5.76. The summed E-state index contributed by atoms with van der Waals surface area (Å²) in [6.07, 6.45) is 6.22. The highest BCUT2D eigenvalue weighted by Crippen LogP contribution is 2.75.